The molecule has 0 bridgehead atoms. The summed E-state index contributed by atoms with van der Waals surface area (Å²) >= 11 is 0. The van der Waals surface area contributed by atoms with Crippen LogP contribution in [0, 0.1) is 6.92 Å². The number of nitrogens with two attached hydrogens (primary N) is 1. The van der Waals surface area contributed by atoms with Crippen molar-refractivity contribution in [1.29, 1.82) is 0 Å². The van der Waals surface area contributed by atoms with Gasteiger partial charge in [0.1, 0.15) is 0 Å². The highest BCUT2D eigenvalue weighted by Gasteiger charge is 1.99. The monoisotopic (exact) mass is 198 g/mol. The van der Waals surface area contributed by atoms with Crippen LogP contribution in [0.3, 0.4) is 0 Å². The topological polar surface area (TPSA) is 48.1 Å². The van der Waals surface area contributed by atoms with E-state index in [2.05, 4.69) is 4.98 Å². The van der Waals surface area contributed by atoms with Gasteiger partial charge in [0.15, 0.2) is 0 Å². The number of ether oxygens (including phenoxy) is 1. The van der Waals surface area contributed by atoms with Crippen LogP contribution in [0.5, 0.6) is 5.88 Å². The molecule has 1 heterocycles. The number of nitrogen functional groups attached to an aromatic ring is 1. The highest BCUT2D eigenvalue weighted by molar-refractivity contribution is 5.49. The van der Waals surface area contributed by atoms with Crippen LogP contribution >= 0.6 is 0 Å². The van der Waals surface area contributed by atoms with Crippen molar-refractivity contribution in [2.24, 2.45) is 0 Å². The molecule has 1 aromatic rings. The second-order valence-corrected chi connectivity index (χ2v) is 2.03. The second kappa shape index (κ2) is 9.84. The summed E-state index contributed by atoms with van der Waals surface area (Å²) in [7, 11) is 1.58. The molecule has 82 valence electrons. The molecular weight excluding hydrogens is 176 g/mol. The van der Waals surface area contributed by atoms with Gasteiger partial charge in [0.05, 0.1) is 7.11 Å². The van der Waals surface area contributed by atoms with Gasteiger partial charge in [0, 0.05) is 17.4 Å². The van der Waals surface area contributed by atoms with Crippen molar-refractivity contribution in [3.63, 3.8) is 0 Å². The molecule has 3 nitrogen and oxygen atoms in total. The van der Waals surface area contributed by atoms with E-state index in [1.54, 1.807) is 19.4 Å². The Morgan fingerprint density at radius 1 is 1.21 bits per heavy atom. The summed E-state index contributed by atoms with van der Waals surface area (Å²) in [6, 6.07) is 1.75. The standard InChI is InChI=1S/C7H10N2O.2C2H6/c1-5-6(8)3-4-9-7(5)10-2;2*1-2/h3-4H,1-2H3,(H2,8,9);2*1-2H3. The van der Waals surface area contributed by atoms with Gasteiger partial charge in [-0.25, -0.2) is 4.98 Å². The molecule has 0 unspecified atom stereocenters. The highest BCUT2D eigenvalue weighted by atomic mass is 16.5. The van der Waals surface area contributed by atoms with Crippen LogP contribution in [-0.4, -0.2) is 12.1 Å². The molecule has 0 atom stereocenters. The molecule has 0 radical (unpaired) electrons. The Labute approximate surface area is 87.3 Å². The lowest BCUT2D eigenvalue weighted by molar-refractivity contribution is 0.395. The van der Waals surface area contributed by atoms with Gasteiger partial charge in [0.2, 0.25) is 5.88 Å². The van der Waals surface area contributed by atoms with Gasteiger partial charge in [-0.1, -0.05) is 27.7 Å². The third-order valence-corrected chi connectivity index (χ3v) is 1.39. The van der Waals surface area contributed by atoms with Crippen LogP contribution in [0.4, 0.5) is 5.69 Å². The number of nitrogens with zero attached hydrogens (tertiary/aromatic N) is 1. The summed E-state index contributed by atoms with van der Waals surface area (Å²) in [5.74, 6) is 0.597. The normalized spacial score (nSPS) is 7.57. The predicted molar refractivity (Wildman–Crippen MR) is 62.6 cm³/mol. The average molecular weight is 198 g/mol. The van der Waals surface area contributed by atoms with Crippen LogP contribution in [-0.2, 0) is 0 Å². The van der Waals surface area contributed by atoms with Crippen molar-refractivity contribution in [2.75, 3.05) is 12.8 Å². The van der Waals surface area contributed by atoms with Crippen LogP contribution in [0.2, 0.25) is 0 Å². The van der Waals surface area contributed by atoms with Crippen molar-refractivity contribution in [3.8, 4) is 5.88 Å². The van der Waals surface area contributed by atoms with E-state index in [-0.39, 0.29) is 0 Å². The van der Waals surface area contributed by atoms with Crippen molar-refractivity contribution < 1.29 is 4.74 Å². The van der Waals surface area contributed by atoms with Gasteiger partial charge in [0.25, 0.3) is 0 Å². The van der Waals surface area contributed by atoms with E-state index in [1.807, 2.05) is 34.6 Å². The maximum absolute atomic E-state index is 5.58. The Bertz CT molecular complexity index is 237. The first kappa shape index (κ1) is 15.2. The largest absolute Gasteiger partial charge is 0.481 e. The van der Waals surface area contributed by atoms with Crippen LogP contribution in [0.15, 0.2) is 12.3 Å². The van der Waals surface area contributed by atoms with Gasteiger partial charge in [-0.05, 0) is 13.0 Å². The summed E-state index contributed by atoms with van der Waals surface area (Å²) in [5.41, 5.74) is 7.18. The Morgan fingerprint density at radius 3 is 2.07 bits per heavy atom. The second-order valence-electron chi connectivity index (χ2n) is 2.03. The number of rotatable bonds is 1. The molecule has 1 aromatic heterocycles. The van der Waals surface area contributed by atoms with E-state index in [4.69, 9.17) is 10.5 Å². The van der Waals surface area contributed by atoms with Crippen molar-refractivity contribution in [1.82, 2.24) is 4.98 Å². The third kappa shape index (κ3) is 4.70. The van der Waals surface area contributed by atoms with Crippen LogP contribution in [0.25, 0.3) is 0 Å². The molecular formula is C11H22N2O. The van der Waals surface area contributed by atoms with Gasteiger partial charge < -0.3 is 10.5 Å². The predicted octanol–water partition coefficient (Wildman–Crippen LogP) is 3.03. The minimum Gasteiger partial charge on any atom is -0.481 e. The fourth-order valence-corrected chi connectivity index (χ4v) is 0.736. The lowest BCUT2D eigenvalue weighted by atomic mass is 10.2. The fourth-order valence-electron chi connectivity index (χ4n) is 0.736. The molecule has 0 amide bonds. The zero-order valence-corrected chi connectivity index (χ0v) is 10.1. The SMILES string of the molecule is CC.CC.COc1nccc(N)c1C. The number of anilines is 1. The van der Waals surface area contributed by atoms with Gasteiger partial charge in [-0.2, -0.15) is 0 Å². The zero-order chi connectivity index (χ0) is 11.6. The first-order valence-electron chi connectivity index (χ1n) is 5.00. The molecule has 1 rings (SSSR count). The molecule has 3 heteroatoms. The van der Waals surface area contributed by atoms with E-state index >= 15 is 0 Å². The Kier molecular flexibility index (Phi) is 10.7. The molecule has 0 saturated carbocycles. The van der Waals surface area contributed by atoms with Crippen molar-refractivity contribution in [3.05, 3.63) is 17.8 Å². The average Bonchev–Trinajstić information content (AvgIpc) is 2.28. The number of hydrogen-bond acceptors (Lipinski definition) is 3. The lowest BCUT2D eigenvalue weighted by Gasteiger charge is -2.03. The number of pyridine rings is 1. The first-order chi connectivity index (χ1) is 6.75. The summed E-state index contributed by atoms with van der Waals surface area (Å²) in [4.78, 5) is 3.96. The molecule has 0 aliphatic heterocycles. The lowest BCUT2D eigenvalue weighted by Crippen LogP contribution is -1.95. The summed E-state index contributed by atoms with van der Waals surface area (Å²) < 4.78 is 4.93. The van der Waals surface area contributed by atoms with Crippen molar-refractivity contribution >= 4 is 5.69 Å². The summed E-state index contributed by atoms with van der Waals surface area (Å²) in [6.45, 7) is 9.88. The smallest absolute Gasteiger partial charge is 0.218 e. The Morgan fingerprint density at radius 2 is 1.71 bits per heavy atom. The molecule has 2 N–H and O–H groups in total. The molecule has 0 fully saturated rings. The Hall–Kier alpha value is -1.25. The van der Waals surface area contributed by atoms with E-state index in [0.29, 0.717) is 11.6 Å². The molecule has 0 aliphatic carbocycles. The van der Waals surface area contributed by atoms with Crippen LogP contribution < -0.4 is 10.5 Å². The number of methoxy groups -OCH3 is 1. The summed E-state index contributed by atoms with van der Waals surface area (Å²) in [5, 5.41) is 0. The summed E-state index contributed by atoms with van der Waals surface area (Å²) in [6.07, 6.45) is 1.63. The van der Waals surface area contributed by atoms with Crippen molar-refractivity contribution in [2.45, 2.75) is 34.6 Å². The molecule has 0 spiro atoms. The number of hydrogen-bond donors (Lipinski definition) is 1. The first-order valence-corrected chi connectivity index (χ1v) is 5.00. The maximum atomic E-state index is 5.58. The van der Waals surface area contributed by atoms with E-state index in [9.17, 15) is 0 Å². The quantitative estimate of drug-likeness (QED) is 0.754. The third-order valence-electron chi connectivity index (χ3n) is 1.39. The molecule has 0 saturated heterocycles. The molecule has 14 heavy (non-hydrogen) atoms. The van der Waals surface area contributed by atoms with E-state index in [1.165, 1.54) is 0 Å². The molecule has 0 aliphatic rings. The minimum absolute atomic E-state index is 0.597. The maximum Gasteiger partial charge on any atom is 0.218 e. The fraction of sp³-hybridized carbons (Fsp3) is 0.545. The van der Waals surface area contributed by atoms with Gasteiger partial charge >= 0.3 is 0 Å². The minimum atomic E-state index is 0.597. The van der Waals surface area contributed by atoms with Gasteiger partial charge in [-0.15, -0.1) is 0 Å². The van der Waals surface area contributed by atoms with Gasteiger partial charge in [-0.3, -0.25) is 0 Å². The zero-order valence-electron chi connectivity index (χ0n) is 10.1. The Balaban J connectivity index is 0. The highest BCUT2D eigenvalue weighted by Crippen LogP contribution is 2.18. The van der Waals surface area contributed by atoms with E-state index in [0.717, 1.165) is 5.56 Å². The number of aromatic nitrogens is 1. The van der Waals surface area contributed by atoms with E-state index < -0.39 is 0 Å². The van der Waals surface area contributed by atoms with Crippen LogP contribution in [0.1, 0.15) is 33.3 Å². The molecule has 0 aromatic carbocycles.